The molecule has 0 spiro atoms. The van der Waals surface area contributed by atoms with Crippen LogP contribution in [0.4, 0.5) is 0 Å². The third kappa shape index (κ3) is 1.81. The Balaban J connectivity index is 1.95. The average Bonchev–Trinajstić information content (AvgIpc) is 2.67. The Morgan fingerprint density at radius 2 is 1.70 bits per heavy atom. The van der Waals surface area contributed by atoms with Crippen molar-refractivity contribution in [3.05, 3.63) is 89.5 Å². The summed E-state index contributed by atoms with van der Waals surface area (Å²) in [5.74, 6) is 0. The molecule has 0 amide bonds. The van der Waals surface area contributed by atoms with Gasteiger partial charge < -0.3 is 0 Å². The standard InChI is InChI=1S/C20H15/c1-2-7-16(8-3-1)19-13-12-17-11-10-15-6-4-5-9-18(14-15)20(17)19/h1-13H,14H2/q-1. The van der Waals surface area contributed by atoms with Gasteiger partial charge in [-0.2, -0.15) is 0 Å². The first kappa shape index (κ1) is 11.4. The predicted molar refractivity (Wildman–Crippen MR) is 86.3 cm³/mol. The minimum Gasteiger partial charge on any atom is -0.129 e. The van der Waals surface area contributed by atoms with E-state index in [1.807, 2.05) is 0 Å². The van der Waals surface area contributed by atoms with Crippen LogP contribution in [-0.4, -0.2) is 0 Å². The highest BCUT2D eigenvalue weighted by Crippen LogP contribution is 2.39. The summed E-state index contributed by atoms with van der Waals surface area (Å²) in [5, 5.41) is 0. The molecule has 0 aromatic heterocycles. The van der Waals surface area contributed by atoms with Crippen LogP contribution in [0.1, 0.15) is 17.5 Å². The third-order valence-corrected chi connectivity index (χ3v) is 3.98. The molecule has 0 saturated heterocycles. The summed E-state index contributed by atoms with van der Waals surface area (Å²) in [4.78, 5) is 0. The summed E-state index contributed by atoms with van der Waals surface area (Å²) >= 11 is 0. The molecule has 2 aliphatic rings. The van der Waals surface area contributed by atoms with Gasteiger partial charge in [0.2, 0.25) is 0 Å². The third-order valence-electron chi connectivity index (χ3n) is 3.98. The molecular weight excluding hydrogens is 240 g/mol. The van der Waals surface area contributed by atoms with Gasteiger partial charge in [0.15, 0.2) is 0 Å². The van der Waals surface area contributed by atoms with Crippen molar-refractivity contribution in [2.45, 2.75) is 6.42 Å². The second-order valence-electron chi connectivity index (χ2n) is 5.27. The Bertz CT molecular complexity index is 762. The van der Waals surface area contributed by atoms with Crippen molar-refractivity contribution in [3.8, 4) is 11.1 Å². The molecule has 0 N–H and O–H groups in total. The van der Waals surface area contributed by atoms with Crippen LogP contribution in [0.15, 0.2) is 78.4 Å². The first-order valence-corrected chi connectivity index (χ1v) is 7.02. The van der Waals surface area contributed by atoms with Crippen molar-refractivity contribution in [3.63, 3.8) is 0 Å². The van der Waals surface area contributed by atoms with E-state index in [2.05, 4.69) is 78.9 Å². The van der Waals surface area contributed by atoms with Gasteiger partial charge in [0, 0.05) is 0 Å². The molecule has 96 valence electrons. The number of hydrogen-bond donors (Lipinski definition) is 0. The molecule has 0 atom stereocenters. The molecule has 0 saturated carbocycles. The smallest absolute Gasteiger partial charge is 0.0250 e. The summed E-state index contributed by atoms with van der Waals surface area (Å²) in [5.41, 5.74) is 8.14. The van der Waals surface area contributed by atoms with Gasteiger partial charge in [-0.15, -0.1) is 29.8 Å². The molecule has 4 rings (SSSR count). The van der Waals surface area contributed by atoms with Crippen molar-refractivity contribution < 1.29 is 0 Å². The topological polar surface area (TPSA) is 0 Å². The summed E-state index contributed by atoms with van der Waals surface area (Å²) in [7, 11) is 0. The molecule has 0 fully saturated rings. The largest absolute Gasteiger partial charge is 0.129 e. The van der Waals surface area contributed by atoms with Crippen LogP contribution in [-0.2, 0) is 0 Å². The van der Waals surface area contributed by atoms with Crippen LogP contribution in [0.25, 0.3) is 22.8 Å². The molecule has 20 heavy (non-hydrogen) atoms. The van der Waals surface area contributed by atoms with E-state index < -0.39 is 0 Å². The van der Waals surface area contributed by atoms with Crippen molar-refractivity contribution in [1.29, 1.82) is 0 Å². The van der Waals surface area contributed by atoms with Crippen molar-refractivity contribution >= 4 is 11.6 Å². The Morgan fingerprint density at radius 1 is 0.850 bits per heavy atom. The van der Waals surface area contributed by atoms with Crippen LogP contribution in [0.5, 0.6) is 0 Å². The molecule has 0 unspecified atom stereocenters. The van der Waals surface area contributed by atoms with Crippen LogP contribution in [0.3, 0.4) is 0 Å². The quantitative estimate of drug-likeness (QED) is 0.601. The average molecular weight is 255 g/mol. The molecule has 0 radical (unpaired) electrons. The van der Waals surface area contributed by atoms with E-state index in [1.54, 1.807) is 0 Å². The van der Waals surface area contributed by atoms with E-state index in [1.165, 1.54) is 33.4 Å². The lowest BCUT2D eigenvalue weighted by Crippen LogP contribution is -1.87. The van der Waals surface area contributed by atoms with Crippen LogP contribution >= 0.6 is 0 Å². The first-order chi connectivity index (χ1) is 9.92. The Labute approximate surface area is 119 Å². The van der Waals surface area contributed by atoms with Gasteiger partial charge in [-0.1, -0.05) is 82.5 Å². The van der Waals surface area contributed by atoms with E-state index in [0.29, 0.717) is 0 Å². The maximum atomic E-state index is 2.25. The van der Waals surface area contributed by atoms with Gasteiger partial charge in [0.05, 0.1) is 0 Å². The van der Waals surface area contributed by atoms with E-state index in [4.69, 9.17) is 0 Å². The maximum absolute atomic E-state index is 2.25. The summed E-state index contributed by atoms with van der Waals surface area (Å²) in [6.07, 6.45) is 14.2. The lowest BCUT2D eigenvalue weighted by atomic mass is 9.94. The van der Waals surface area contributed by atoms with Crippen molar-refractivity contribution in [1.82, 2.24) is 0 Å². The highest BCUT2D eigenvalue weighted by molar-refractivity contribution is 5.91. The van der Waals surface area contributed by atoms with Crippen LogP contribution in [0, 0.1) is 0 Å². The predicted octanol–water partition coefficient (Wildman–Crippen LogP) is 5.37. The zero-order chi connectivity index (χ0) is 13.4. The zero-order valence-corrected chi connectivity index (χ0v) is 11.2. The number of rotatable bonds is 1. The molecule has 2 aromatic rings. The Morgan fingerprint density at radius 3 is 2.60 bits per heavy atom. The number of benzene rings is 1. The second-order valence-corrected chi connectivity index (χ2v) is 5.27. The van der Waals surface area contributed by atoms with Crippen LogP contribution < -0.4 is 0 Å². The highest BCUT2D eigenvalue weighted by atomic mass is 14.2. The Hall–Kier alpha value is -2.47. The SMILES string of the molecule is C1=CC=C2CC(=C1)C=Cc1cc[c-](-c3ccccc3)c12. The highest BCUT2D eigenvalue weighted by Gasteiger charge is 2.12. The monoisotopic (exact) mass is 255 g/mol. The molecule has 0 nitrogen and oxygen atoms in total. The van der Waals surface area contributed by atoms with E-state index in [-0.39, 0.29) is 0 Å². The summed E-state index contributed by atoms with van der Waals surface area (Å²) in [6.45, 7) is 0. The first-order valence-electron chi connectivity index (χ1n) is 7.02. The fraction of sp³-hybridized carbons (Fsp3) is 0.0500. The molecule has 2 aliphatic carbocycles. The minimum absolute atomic E-state index is 1.01. The van der Waals surface area contributed by atoms with E-state index in [0.717, 1.165) is 6.42 Å². The maximum Gasteiger partial charge on any atom is -0.0250 e. The van der Waals surface area contributed by atoms with Gasteiger partial charge in [-0.25, -0.2) is 0 Å². The Kier molecular flexibility index (Phi) is 2.60. The van der Waals surface area contributed by atoms with Crippen molar-refractivity contribution in [2.75, 3.05) is 0 Å². The fourth-order valence-corrected chi connectivity index (χ4v) is 3.02. The number of allylic oxidation sites excluding steroid dienone is 7. The fourth-order valence-electron chi connectivity index (χ4n) is 3.02. The summed E-state index contributed by atoms with van der Waals surface area (Å²) < 4.78 is 0. The van der Waals surface area contributed by atoms with Crippen LogP contribution in [0.2, 0.25) is 0 Å². The second kappa shape index (κ2) is 4.57. The lowest BCUT2D eigenvalue weighted by molar-refractivity contribution is 1.32. The minimum atomic E-state index is 1.01. The van der Waals surface area contributed by atoms with Gasteiger partial charge >= 0.3 is 0 Å². The molecule has 0 heteroatoms. The van der Waals surface area contributed by atoms with Crippen molar-refractivity contribution in [2.24, 2.45) is 0 Å². The molecule has 0 aliphatic heterocycles. The zero-order valence-electron chi connectivity index (χ0n) is 11.2. The molecular formula is C20H15-. The molecule has 2 aromatic carbocycles. The normalized spacial score (nSPS) is 16.0. The van der Waals surface area contributed by atoms with E-state index in [9.17, 15) is 0 Å². The van der Waals surface area contributed by atoms with Gasteiger partial charge in [-0.3, -0.25) is 0 Å². The van der Waals surface area contributed by atoms with Gasteiger partial charge in [0.25, 0.3) is 0 Å². The summed E-state index contributed by atoms with van der Waals surface area (Å²) in [6, 6.07) is 15.1. The molecule has 0 heterocycles. The number of hydrogen-bond acceptors (Lipinski definition) is 0. The number of fused-ring (bicyclic) bond motifs is 4. The van der Waals surface area contributed by atoms with E-state index >= 15 is 0 Å². The molecule has 2 bridgehead atoms. The lowest BCUT2D eigenvalue weighted by Gasteiger charge is -2.16. The van der Waals surface area contributed by atoms with Gasteiger partial charge in [-0.05, 0) is 6.42 Å². The van der Waals surface area contributed by atoms with Gasteiger partial charge in [0.1, 0.15) is 0 Å².